The number of hydrogen-bond donors (Lipinski definition) is 0. The molecule has 1 aromatic rings. The monoisotopic (exact) mass is 318 g/mol. The summed E-state index contributed by atoms with van der Waals surface area (Å²) in [6, 6.07) is 6.38. The van der Waals surface area contributed by atoms with Gasteiger partial charge < -0.3 is 9.64 Å². The van der Waals surface area contributed by atoms with E-state index in [4.69, 9.17) is 4.74 Å². The minimum atomic E-state index is -0.436. The minimum absolute atomic E-state index is 0.0267. The smallest absolute Gasteiger partial charge is 0.269 e. The summed E-state index contributed by atoms with van der Waals surface area (Å²) in [6.45, 7) is 5.08. The van der Waals surface area contributed by atoms with Crippen molar-refractivity contribution in [1.29, 1.82) is 0 Å². The van der Waals surface area contributed by atoms with Crippen molar-refractivity contribution in [2.45, 2.75) is 38.8 Å². The fraction of sp³-hybridized carbons (Fsp3) is 0.588. The number of amides is 1. The van der Waals surface area contributed by atoms with E-state index >= 15 is 0 Å². The molecule has 1 saturated heterocycles. The molecule has 0 N–H and O–H groups in total. The van der Waals surface area contributed by atoms with E-state index in [1.54, 1.807) is 12.1 Å². The SMILES string of the molecule is CN(C(=O)Cc1ccc([N+](=O)[O-])cc1)[C@@H]1[C@@H]2CCO[C@H]2C1(C)C. The van der Waals surface area contributed by atoms with Crippen LogP contribution in [0.5, 0.6) is 0 Å². The Labute approximate surface area is 135 Å². The van der Waals surface area contributed by atoms with Gasteiger partial charge in [0.05, 0.1) is 17.4 Å². The van der Waals surface area contributed by atoms with Crippen LogP contribution in [-0.2, 0) is 16.0 Å². The van der Waals surface area contributed by atoms with Gasteiger partial charge in [-0.25, -0.2) is 0 Å². The summed E-state index contributed by atoms with van der Waals surface area (Å²) in [6.07, 6.45) is 1.52. The molecule has 6 heteroatoms. The van der Waals surface area contributed by atoms with E-state index in [1.165, 1.54) is 12.1 Å². The number of rotatable bonds is 4. The highest BCUT2D eigenvalue weighted by molar-refractivity contribution is 5.79. The highest BCUT2D eigenvalue weighted by Gasteiger charge is 2.61. The van der Waals surface area contributed by atoms with Gasteiger partial charge in [0, 0.05) is 43.2 Å². The second-order valence-electron chi connectivity index (χ2n) is 7.12. The van der Waals surface area contributed by atoms with Gasteiger partial charge in [0.15, 0.2) is 0 Å². The summed E-state index contributed by atoms with van der Waals surface area (Å²) < 4.78 is 5.78. The number of ether oxygens (including phenoxy) is 1. The van der Waals surface area contributed by atoms with E-state index in [1.807, 2.05) is 11.9 Å². The van der Waals surface area contributed by atoms with Crippen LogP contribution in [0.4, 0.5) is 5.69 Å². The average Bonchev–Trinajstić information content (AvgIpc) is 2.93. The Kier molecular flexibility index (Phi) is 3.88. The molecule has 1 aromatic carbocycles. The van der Waals surface area contributed by atoms with Crippen LogP contribution in [0, 0.1) is 21.4 Å². The number of carbonyl (C=O) groups excluding carboxylic acids is 1. The standard InChI is InChI=1S/C17H22N2O4/c1-17(2)15(13-8-9-23-16(13)17)18(3)14(20)10-11-4-6-12(7-5-11)19(21)22/h4-7,13,15-16H,8-10H2,1-3H3/t13-,15+,16+/m0/s1. The van der Waals surface area contributed by atoms with Gasteiger partial charge in [-0.3, -0.25) is 14.9 Å². The summed E-state index contributed by atoms with van der Waals surface area (Å²) in [5.74, 6) is 0.470. The fourth-order valence-electron chi connectivity index (χ4n) is 4.27. The highest BCUT2D eigenvalue weighted by atomic mass is 16.6. The second kappa shape index (κ2) is 5.60. The number of hydrogen-bond acceptors (Lipinski definition) is 4. The number of non-ortho nitro benzene ring substituents is 1. The number of nitro groups is 1. The fourth-order valence-corrected chi connectivity index (χ4v) is 4.27. The van der Waals surface area contributed by atoms with Gasteiger partial charge in [0.2, 0.25) is 5.91 Å². The van der Waals surface area contributed by atoms with Crippen molar-refractivity contribution in [1.82, 2.24) is 4.90 Å². The molecule has 0 spiro atoms. The summed E-state index contributed by atoms with van der Waals surface area (Å²) >= 11 is 0. The van der Waals surface area contributed by atoms with Gasteiger partial charge >= 0.3 is 0 Å². The van der Waals surface area contributed by atoms with E-state index in [0.717, 1.165) is 18.6 Å². The van der Waals surface area contributed by atoms with Crippen LogP contribution in [0.1, 0.15) is 25.8 Å². The Hall–Kier alpha value is -1.95. The largest absolute Gasteiger partial charge is 0.377 e. The van der Waals surface area contributed by atoms with E-state index in [0.29, 0.717) is 5.92 Å². The normalized spacial score (nSPS) is 27.9. The molecule has 0 unspecified atom stereocenters. The number of fused-ring (bicyclic) bond motifs is 1. The Morgan fingerprint density at radius 3 is 2.65 bits per heavy atom. The zero-order valence-electron chi connectivity index (χ0n) is 13.7. The third kappa shape index (κ3) is 2.61. The minimum Gasteiger partial charge on any atom is -0.377 e. The topological polar surface area (TPSA) is 72.7 Å². The van der Waals surface area contributed by atoms with Crippen molar-refractivity contribution < 1.29 is 14.5 Å². The molecule has 2 aliphatic rings. The summed E-state index contributed by atoms with van der Waals surface area (Å²) in [4.78, 5) is 24.7. The van der Waals surface area contributed by atoms with Crippen molar-refractivity contribution in [3.05, 3.63) is 39.9 Å². The number of carbonyl (C=O) groups is 1. The van der Waals surface area contributed by atoms with E-state index in [9.17, 15) is 14.9 Å². The molecule has 3 rings (SSSR count). The molecular weight excluding hydrogens is 296 g/mol. The van der Waals surface area contributed by atoms with Crippen LogP contribution in [0.3, 0.4) is 0 Å². The molecule has 6 nitrogen and oxygen atoms in total. The van der Waals surface area contributed by atoms with Gasteiger partial charge in [-0.1, -0.05) is 26.0 Å². The molecule has 124 valence electrons. The van der Waals surface area contributed by atoms with Gasteiger partial charge in [-0.15, -0.1) is 0 Å². The van der Waals surface area contributed by atoms with Crippen LogP contribution in [0.2, 0.25) is 0 Å². The van der Waals surface area contributed by atoms with Gasteiger partial charge in [-0.2, -0.15) is 0 Å². The third-order valence-corrected chi connectivity index (χ3v) is 5.35. The zero-order valence-corrected chi connectivity index (χ0v) is 13.7. The molecule has 1 amide bonds. The van der Waals surface area contributed by atoms with Crippen molar-refractivity contribution in [2.75, 3.05) is 13.7 Å². The van der Waals surface area contributed by atoms with Crippen LogP contribution in [0.15, 0.2) is 24.3 Å². The van der Waals surface area contributed by atoms with E-state index in [2.05, 4.69) is 13.8 Å². The summed E-state index contributed by atoms with van der Waals surface area (Å²) in [5, 5.41) is 10.7. The van der Waals surface area contributed by atoms with Crippen LogP contribution in [-0.4, -0.2) is 41.5 Å². The maximum absolute atomic E-state index is 12.6. The van der Waals surface area contributed by atoms with Crippen molar-refractivity contribution >= 4 is 11.6 Å². The lowest BCUT2D eigenvalue weighted by molar-refractivity contribution is -0.384. The van der Waals surface area contributed by atoms with Gasteiger partial charge in [0.1, 0.15) is 0 Å². The highest BCUT2D eigenvalue weighted by Crippen LogP contribution is 2.54. The third-order valence-electron chi connectivity index (χ3n) is 5.35. The predicted molar refractivity (Wildman–Crippen MR) is 85.0 cm³/mol. The molecule has 2 fully saturated rings. The molecular formula is C17H22N2O4. The number of nitro benzene ring substituents is 1. The Morgan fingerprint density at radius 2 is 2.04 bits per heavy atom. The molecule has 0 bridgehead atoms. The summed E-state index contributed by atoms with van der Waals surface area (Å²) in [5.41, 5.74) is 0.811. The lowest BCUT2D eigenvalue weighted by Crippen LogP contribution is -2.67. The molecule has 1 aliphatic heterocycles. The summed E-state index contributed by atoms with van der Waals surface area (Å²) in [7, 11) is 1.86. The van der Waals surface area contributed by atoms with Gasteiger partial charge in [0.25, 0.3) is 5.69 Å². The number of benzene rings is 1. The second-order valence-corrected chi connectivity index (χ2v) is 7.12. The van der Waals surface area contributed by atoms with Crippen molar-refractivity contribution in [2.24, 2.45) is 11.3 Å². The molecule has 1 saturated carbocycles. The first-order chi connectivity index (χ1) is 10.8. The number of likely N-dealkylation sites (N-methyl/N-ethyl adjacent to an activating group) is 1. The molecule has 23 heavy (non-hydrogen) atoms. The Morgan fingerprint density at radius 1 is 1.39 bits per heavy atom. The maximum Gasteiger partial charge on any atom is 0.269 e. The van der Waals surface area contributed by atoms with E-state index in [-0.39, 0.29) is 35.6 Å². The number of nitrogens with zero attached hydrogens (tertiary/aromatic N) is 2. The van der Waals surface area contributed by atoms with Crippen LogP contribution in [0.25, 0.3) is 0 Å². The molecule has 0 aromatic heterocycles. The van der Waals surface area contributed by atoms with Crippen molar-refractivity contribution in [3.63, 3.8) is 0 Å². The first kappa shape index (κ1) is 15.9. The lowest BCUT2D eigenvalue weighted by Gasteiger charge is -2.57. The van der Waals surface area contributed by atoms with Crippen LogP contribution >= 0.6 is 0 Å². The quantitative estimate of drug-likeness (QED) is 0.631. The molecule has 3 atom stereocenters. The Balaban J connectivity index is 1.67. The first-order valence-electron chi connectivity index (χ1n) is 7.93. The average molecular weight is 318 g/mol. The van der Waals surface area contributed by atoms with Gasteiger partial charge in [-0.05, 0) is 12.0 Å². The molecule has 0 radical (unpaired) electrons. The first-order valence-corrected chi connectivity index (χ1v) is 7.93. The molecule has 1 aliphatic carbocycles. The van der Waals surface area contributed by atoms with E-state index < -0.39 is 4.92 Å². The van der Waals surface area contributed by atoms with Crippen LogP contribution < -0.4 is 0 Å². The predicted octanol–water partition coefficient (Wildman–Crippen LogP) is 2.41. The maximum atomic E-state index is 12.6. The lowest BCUT2D eigenvalue weighted by atomic mass is 9.57. The van der Waals surface area contributed by atoms with Crippen molar-refractivity contribution in [3.8, 4) is 0 Å². The zero-order chi connectivity index (χ0) is 16.8. The Bertz CT molecular complexity index is 626. The molecule has 1 heterocycles.